The maximum atomic E-state index is 5.93. The summed E-state index contributed by atoms with van der Waals surface area (Å²) in [5.41, 5.74) is 14.2. The molecule has 0 spiro atoms. The van der Waals surface area contributed by atoms with Crippen LogP contribution < -0.4 is 16.2 Å². The van der Waals surface area contributed by atoms with Crippen molar-refractivity contribution < 1.29 is 4.74 Å². The molecule has 0 atom stereocenters. The molecule has 0 heterocycles. The lowest BCUT2D eigenvalue weighted by atomic mass is 10.0. The van der Waals surface area contributed by atoms with E-state index in [1.165, 1.54) is 0 Å². The van der Waals surface area contributed by atoms with Crippen molar-refractivity contribution in [2.75, 3.05) is 11.5 Å². The summed E-state index contributed by atoms with van der Waals surface area (Å²) >= 11 is 0. The van der Waals surface area contributed by atoms with Crippen LogP contribution in [-0.4, -0.2) is 0 Å². The van der Waals surface area contributed by atoms with Gasteiger partial charge in [0.25, 0.3) is 0 Å². The topological polar surface area (TPSA) is 61.3 Å². The second-order valence-electron chi connectivity index (χ2n) is 4.62. The monoisotopic (exact) mass is 242 g/mol. The molecular weight excluding hydrogens is 224 g/mol. The molecule has 94 valence electrons. The second-order valence-corrected chi connectivity index (χ2v) is 4.62. The van der Waals surface area contributed by atoms with Crippen molar-refractivity contribution in [3.63, 3.8) is 0 Å². The second kappa shape index (κ2) is 5.00. The molecule has 3 heteroatoms. The fourth-order valence-electron chi connectivity index (χ4n) is 1.79. The molecule has 2 rings (SSSR count). The zero-order chi connectivity index (χ0) is 13.1. The molecule has 0 aliphatic heterocycles. The van der Waals surface area contributed by atoms with Crippen LogP contribution in [0.5, 0.6) is 11.5 Å². The summed E-state index contributed by atoms with van der Waals surface area (Å²) in [6.45, 7) is 4.22. The van der Waals surface area contributed by atoms with Gasteiger partial charge in [-0.05, 0) is 53.9 Å². The Morgan fingerprint density at radius 3 is 2.11 bits per heavy atom. The van der Waals surface area contributed by atoms with Crippen molar-refractivity contribution in [2.45, 2.75) is 19.8 Å². The van der Waals surface area contributed by atoms with Gasteiger partial charge in [0.05, 0.1) is 0 Å². The fourth-order valence-corrected chi connectivity index (χ4v) is 1.79. The smallest absolute Gasteiger partial charge is 0.127 e. The Morgan fingerprint density at radius 2 is 1.50 bits per heavy atom. The number of ether oxygens (including phenoxy) is 1. The molecule has 0 radical (unpaired) electrons. The molecule has 0 unspecified atom stereocenters. The number of rotatable bonds is 3. The first-order chi connectivity index (χ1) is 8.56. The third-order valence-corrected chi connectivity index (χ3v) is 2.80. The number of hydrogen-bond acceptors (Lipinski definition) is 3. The van der Waals surface area contributed by atoms with Crippen molar-refractivity contribution >= 4 is 11.4 Å². The summed E-state index contributed by atoms with van der Waals surface area (Å²) in [6.07, 6.45) is 0. The summed E-state index contributed by atoms with van der Waals surface area (Å²) in [6, 6.07) is 13.1. The molecule has 0 aliphatic carbocycles. The van der Waals surface area contributed by atoms with Crippen LogP contribution in [0.4, 0.5) is 11.4 Å². The van der Waals surface area contributed by atoms with E-state index in [0.717, 1.165) is 28.4 Å². The average molecular weight is 242 g/mol. The highest BCUT2D eigenvalue weighted by molar-refractivity contribution is 5.53. The average Bonchev–Trinajstić information content (AvgIpc) is 2.34. The van der Waals surface area contributed by atoms with E-state index in [0.29, 0.717) is 5.92 Å². The molecular formula is C15H18N2O. The zero-order valence-electron chi connectivity index (χ0n) is 10.7. The van der Waals surface area contributed by atoms with Gasteiger partial charge in [-0.2, -0.15) is 0 Å². The van der Waals surface area contributed by atoms with Crippen LogP contribution in [0.2, 0.25) is 0 Å². The third kappa shape index (κ3) is 2.74. The highest BCUT2D eigenvalue weighted by atomic mass is 16.5. The van der Waals surface area contributed by atoms with Gasteiger partial charge in [-0.3, -0.25) is 0 Å². The van der Waals surface area contributed by atoms with E-state index < -0.39 is 0 Å². The highest BCUT2D eigenvalue weighted by Crippen LogP contribution is 2.29. The molecule has 0 bridgehead atoms. The minimum Gasteiger partial charge on any atom is -0.457 e. The van der Waals surface area contributed by atoms with Gasteiger partial charge in [-0.25, -0.2) is 0 Å². The maximum Gasteiger partial charge on any atom is 0.127 e. The number of benzene rings is 2. The molecule has 4 N–H and O–H groups in total. The lowest BCUT2D eigenvalue weighted by Crippen LogP contribution is -1.97. The van der Waals surface area contributed by atoms with E-state index >= 15 is 0 Å². The van der Waals surface area contributed by atoms with Gasteiger partial charge in [0.15, 0.2) is 0 Å². The molecule has 0 amide bonds. The first-order valence-electron chi connectivity index (χ1n) is 5.99. The van der Waals surface area contributed by atoms with E-state index in [-0.39, 0.29) is 0 Å². The third-order valence-electron chi connectivity index (χ3n) is 2.80. The van der Waals surface area contributed by atoms with Gasteiger partial charge in [-0.15, -0.1) is 0 Å². The normalized spacial score (nSPS) is 10.6. The number of nitrogens with two attached hydrogens (primary N) is 2. The Kier molecular flexibility index (Phi) is 3.42. The molecule has 0 saturated carbocycles. The summed E-state index contributed by atoms with van der Waals surface area (Å²) in [4.78, 5) is 0. The van der Waals surface area contributed by atoms with Gasteiger partial charge < -0.3 is 16.2 Å². The first-order valence-corrected chi connectivity index (χ1v) is 5.99. The minimum atomic E-state index is 0.375. The van der Waals surface area contributed by atoms with Crippen molar-refractivity contribution in [2.24, 2.45) is 0 Å². The maximum absolute atomic E-state index is 5.93. The molecule has 2 aromatic rings. The summed E-state index contributed by atoms with van der Waals surface area (Å²) in [5, 5.41) is 0. The van der Waals surface area contributed by atoms with Crippen LogP contribution in [0.15, 0.2) is 42.5 Å². The molecule has 0 saturated heterocycles. The SMILES string of the molecule is CC(C)c1cc(Oc2ccc(N)cc2)ccc1N. The molecule has 18 heavy (non-hydrogen) atoms. The Labute approximate surface area is 107 Å². The van der Waals surface area contributed by atoms with E-state index in [9.17, 15) is 0 Å². The Morgan fingerprint density at radius 1 is 0.889 bits per heavy atom. The van der Waals surface area contributed by atoms with Gasteiger partial charge in [0, 0.05) is 11.4 Å². The van der Waals surface area contributed by atoms with Gasteiger partial charge in [0.1, 0.15) is 11.5 Å². The minimum absolute atomic E-state index is 0.375. The van der Waals surface area contributed by atoms with Crippen LogP contribution in [0.1, 0.15) is 25.3 Å². The number of hydrogen-bond donors (Lipinski definition) is 2. The molecule has 3 nitrogen and oxygen atoms in total. The standard InChI is InChI=1S/C15H18N2O/c1-10(2)14-9-13(7-8-15(14)17)18-12-5-3-11(16)4-6-12/h3-10H,16-17H2,1-2H3. The largest absolute Gasteiger partial charge is 0.457 e. The highest BCUT2D eigenvalue weighted by Gasteiger charge is 2.06. The van der Waals surface area contributed by atoms with Crippen LogP contribution in [0, 0.1) is 0 Å². The van der Waals surface area contributed by atoms with E-state index in [1.807, 2.05) is 42.5 Å². The molecule has 0 fully saturated rings. The first kappa shape index (κ1) is 12.3. The van der Waals surface area contributed by atoms with E-state index in [1.54, 1.807) is 0 Å². The Hall–Kier alpha value is -2.16. The Balaban J connectivity index is 2.24. The number of anilines is 2. The van der Waals surface area contributed by atoms with Crippen molar-refractivity contribution in [3.8, 4) is 11.5 Å². The van der Waals surface area contributed by atoms with E-state index in [2.05, 4.69) is 13.8 Å². The van der Waals surface area contributed by atoms with Gasteiger partial charge in [-0.1, -0.05) is 13.8 Å². The number of nitrogen functional groups attached to an aromatic ring is 2. The summed E-state index contributed by atoms with van der Waals surface area (Å²) in [5.74, 6) is 1.93. The molecule has 2 aromatic carbocycles. The summed E-state index contributed by atoms with van der Waals surface area (Å²) in [7, 11) is 0. The fraction of sp³-hybridized carbons (Fsp3) is 0.200. The van der Waals surface area contributed by atoms with Crippen molar-refractivity contribution in [1.82, 2.24) is 0 Å². The predicted octanol–water partition coefficient (Wildman–Crippen LogP) is 3.77. The van der Waals surface area contributed by atoms with Crippen molar-refractivity contribution in [1.29, 1.82) is 0 Å². The van der Waals surface area contributed by atoms with Crippen LogP contribution in [0.3, 0.4) is 0 Å². The van der Waals surface area contributed by atoms with Gasteiger partial charge in [0.2, 0.25) is 0 Å². The molecule has 0 aromatic heterocycles. The lowest BCUT2D eigenvalue weighted by Gasteiger charge is -2.12. The van der Waals surface area contributed by atoms with Crippen LogP contribution in [0.25, 0.3) is 0 Å². The summed E-state index contributed by atoms with van der Waals surface area (Å²) < 4.78 is 5.77. The van der Waals surface area contributed by atoms with Gasteiger partial charge >= 0.3 is 0 Å². The van der Waals surface area contributed by atoms with Crippen LogP contribution in [-0.2, 0) is 0 Å². The van der Waals surface area contributed by atoms with Crippen molar-refractivity contribution in [3.05, 3.63) is 48.0 Å². The lowest BCUT2D eigenvalue weighted by molar-refractivity contribution is 0.482. The van der Waals surface area contributed by atoms with Crippen LogP contribution >= 0.6 is 0 Å². The quantitative estimate of drug-likeness (QED) is 0.805. The Bertz CT molecular complexity index is 533. The molecule has 0 aliphatic rings. The van der Waals surface area contributed by atoms with E-state index in [4.69, 9.17) is 16.2 Å². The zero-order valence-corrected chi connectivity index (χ0v) is 10.7. The predicted molar refractivity (Wildman–Crippen MR) is 75.9 cm³/mol.